The van der Waals surface area contributed by atoms with Crippen LogP contribution in [0.5, 0.6) is 11.5 Å². The SMILES string of the molecule is COc1ccccc1NCc1cc(Cl)cc(Cl)c1O. The molecule has 2 rings (SSSR count). The molecule has 100 valence electrons. The van der Waals surface area contributed by atoms with Crippen LogP contribution in [0.3, 0.4) is 0 Å². The lowest BCUT2D eigenvalue weighted by atomic mass is 10.2. The zero-order valence-electron chi connectivity index (χ0n) is 10.3. The zero-order chi connectivity index (χ0) is 13.8. The number of nitrogens with one attached hydrogen (secondary N) is 1. The van der Waals surface area contributed by atoms with Gasteiger partial charge >= 0.3 is 0 Å². The maximum atomic E-state index is 9.86. The molecule has 0 radical (unpaired) electrons. The number of hydrogen-bond donors (Lipinski definition) is 2. The standard InChI is InChI=1S/C14H13Cl2NO2/c1-19-13-5-3-2-4-12(13)17-8-9-6-10(15)7-11(16)14(9)18/h2-7,17-18H,8H2,1H3. The number of para-hydroxylation sites is 2. The van der Waals surface area contributed by atoms with E-state index in [4.69, 9.17) is 27.9 Å². The topological polar surface area (TPSA) is 41.5 Å². The molecule has 0 atom stereocenters. The fourth-order valence-electron chi connectivity index (χ4n) is 1.74. The van der Waals surface area contributed by atoms with Gasteiger partial charge in [-0.15, -0.1) is 0 Å². The quantitative estimate of drug-likeness (QED) is 0.883. The Bertz CT molecular complexity index is 588. The third kappa shape index (κ3) is 3.25. The van der Waals surface area contributed by atoms with Crippen molar-refractivity contribution in [3.8, 4) is 11.5 Å². The van der Waals surface area contributed by atoms with Crippen LogP contribution in [0.2, 0.25) is 10.0 Å². The summed E-state index contributed by atoms with van der Waals surface area (Å²) < 4.78 is 5.23. The van der Waals surface area contributed by atoms with E-state index in [1.165, 1.54) is 6.07 Å². The highest BCUT2D eigenvalue weighted by Crippen LogP contribution is 2.32. The highest BCUT2D eigenvalue weighted by Gasteiger charge is 2.08. The van der Waals surface area contributed by atoms with Gasteiger partial charge in [-0.1, -0.05) is 35.3 Å². The largest absolute Gasteiger partial charge is 0.506 e. The Morgan fingerprint density at radius 2 is 1.95 bits per heavy atom. The lowest BCUT2D eigenvalue weighted by molar-refractivity contribution is 0.416. The van der Waals surface area contributed by atoms with Gasteiger partial charge < -0.3 is 15.2 Å². The first kappa shape index (κ1) is 13.8. The van der Waals surface area contributed by atoms with E-state index in [0.29, 0.717) is 17.1 Å². The van der Waals surface area contributed by atoms with Crippen molar-refractivity contribution in [3.05, 3.63) is 52.0 Å². The van der Waals surface area contributed by atoms with E-state index in [1.54, 1.807) is 13.2 Å². The van der Waals surface area contributed by atoms with Crippen LogP contribution in [0.15, 0.2) is 36.4 Å². The Morgan fingerprint density at radius 3 is 2.68 bits per heavy atom. The van der Waals surface area contributed by atoms with Crippen LogP contribution in [-0.4, -0.2) is 12.2 Å². The number of methoxy groups -OCH3 is 1. The molecule has 5 heteroatoms. The number of hydrogen-bond acceptors (Lipinski definition) is 3. The molecular weight excluding hydrogens is 285 g/mol. The number of phenolic OH excluding ortho intramolecular Hbond substituents is 1. The van der Waals surface area contributed by atoms with Crippen LogP contribution in [0.4, 0.5) is 5.69 Å². The maximum absolute atomic E-state index is 9.86. The minimum Gasteiger partial charge on any atom is -0.506 e. The Morgan fingerprint density at radius 1 is 1.21 bits per heavy atom. The second kappa shape index (κ2) is 6.04. The summed E-state index contributed by atoms with van der Waals surface area (Å²) in [5.41, 5.74) is 1.46. The summed E-state index contributed by atoms with van der Waals surface area (Å²) in [5.74, 6) is 0.767. The summed E-state index contributed by atoms with van der Waals surface area (Å²) in [6.45, 7) is 0.395. The first-order chi connectivity index (χ1) is 9.11. The Kier molecular flexibility index (Phi) is 4.40. The predicted octanol–water partition coefficient (Wildman–Crippen LogP) is 4.32. The molecule has 19 heavy (non-hydrogen) atoms. The molecule has 0 aliphatic heterocycles. The van der Waals surface area contributed by atoms with E-state index in [9.17, 15) is 5.11 Å². The van der Waals surface area contributed by atoms with Crippen LogP contribution in [0.25, 0.3) is 0 Å². The fourth-order valence-corrected chi connectivity index (χ4v) is 2.27. The van der Waals surface area contributed by atoms with Gasteiger partial charge in [-0.2, -0.15) is 0 Å². The first-order valence-corrected chi connectivity index (χ1v) is 6.41. The number of ether oxygens (including phenoxy) is 1. The van der Waals surface area contributed by atoms with Gasteiger partial charge in [0, 0.05) is 17.1 Å². The van der Waals surface area contributed by atoms with Crippen molar-refractivity contribution in [1.29, 1.82) is 0 Å². The van der Waals surface area contributed by atoms with Crippen molar-refractivity contribution in [1.82, 2.24) is 0 Å². The Balaban J connectivity index is 2.19. The molecule has 2 N–H and O–H groups in total. The summed E-state index contributed by atoms with van der Waals surface area (Å²) in [4.78, 5) is 0. The Labute approximate surface area is 121 Å². The summed E-state index contributed by atoms with van der Waals surface area (Å²) in [7, 11) is 1.61. The number of anilines is 1. The molecule has 0 unspecified atom stereocenters. The van der Waals surface area contributed by atoms with Gasteiger partial charge in [-0.05, 0) is 24.3 Å². The van der Waals surface area contributed by atoms with Gasteiger partial charge in [0.25, 0.3) is 0 Å². The van der Waals surface area contributed by atoms with E-state index < -0.39 is 0 Å². The van der Waals surface area contributed by atoms with Gasteiger partial charge in [-0.25, -0.2) is 0 Å². The molecule has 0 fully saturated rings. The van der Waals surface area contributed by atoms with Crippen molar-refractivity contribution < 1.29 is 9.84 Å². The van der Waals surface area contributed by atoms with E-state index >= 15 is 0 Å². The fraction of sp³-hybridized carbons (Fsp3) is 0.143. The van der Waals surface area contributed by atoms with E-state index in [2.05, 4.69) is 5.32 Å². The average Bonchev–Trinajstić information content (AvgIpc) is 2.41. The van der Waals surface area contributed by atoms with Gasteiger partial charge in [0.2, 0.25) is 0 Å². The van der Waals surface area contributed by atoms with Crippen LogP contribution in [0, 0.1) is 0 Å². The summed E-state index contributed by atoms with van der Waals surface area (Å²) in [5, 5.41) is 13.8. The predicted molar refractivity (Wildman–Crippen MR) is 78.4 cm³/mol. The number of benzene rings is 2. The second-order valence-electron chi connectivity index (χ2n) is 3.95. The molecule has 2 aromatic carbocycles. The van der Waals surface area contributed by atoms with Gasteiger partial charge in [0.1, 0.15) is 11.5 Å². The van der Waals surface area contributed by atoms with Crippen molar-refractivity contribution >= 4 is 28.9 Å². The molecule has 0 amide bonds. The van der Waals surface area contributed by atoms with E-state index in [1.807, 2.05) is 24.3 Å². The molecule has 0 spiro atoms. The van der Waals surface area contributed by atoms with Crippen molar-refractivity contribution in [2.45, 2.75) is 6.54 Å². The summed E-state index contributed by atoms with van der Waals surface area (Å²) >= 11 is 11.8. The number of halogens is 2. The monoisotopic (exact) mass is 297 g/mol. The molecule has 3 nitrogen and oxygen atoms in total. The molecule has 2 aromatic rings. The van der Waals surface area contributed by atoms with Gasteiger partial charge in [-0.3, -0.25) is 0 Å². The van der Waals surface area contributed by atoms with Gasteiger partial charge in [0.05, 0.1) is 17.8 Å². The summed E-state index contributed by atoms with van der Waals surface area (Å²) in [6, 6.07) is 10.7. The molecule has 0 heterocycles. The molecule has 0 bridgehead atoms. The van der Waals surface area contributed by atoms with Crippen LogP contribution >= 0.6 is 23.2 Å². The minimum atomic E-state index is 0.0356. The van der Waals surface area contributed by atoms with Gasteiger partial charge in [0.15, 0.2) is 0 Å². The van der Waals surface area contributed by atoms with E-state index in [0.717, 1.165) is 11.4 Å². The molecule has 0 saturated carbocycles. The van der Waals surface area contributed by atoms with Crippen LogP contribution < -0.4 is 10.1 Å². The van der Waals surface area contributed by atoms with Crippen molar-refractivity contribution in [3.63, 3.8) is 0 Å². The molecular formula is C14H13Cl2NO2. The molecule has 0 saturated heterocycles. The first-order valence-electron chi connectivity index (χ1n) is 5.65. The second-order valence-corrected chi connectivity index (χ2v) is 4.79. The van der Waals surface area contributed by atoms with Crippen LogP contribution in [0.1, 0.15) is 5.56 Å². The summed E-state index contributed by atoms with van der Waals surface area (Å²) in [6.07, 6.45) is 0. The van der Waals surface area contributed by atoms with Crippen LogP contribution in [-0.2, 0) is 6.54 Å². The third-order valence-electron chi connectivity index (χ3n) is 2.68. The Hall–Kier alpha value is -1.58. The van der Waals surface area contributed by atoms with Crippen molar-refractivity contribution in [2.24, 2.45) is 0 Å². The van der Waals surface area contributed by atoms with E-state index in [-0.39, 0.29) is 10.8 Å². The number of aromatic hydroxyl groups is 1. The number of phenols is 1. The lowest BCUT2D eigenvalue weighted by Gasteiger charge is -2.12. The molecule has 0 aliphatic carbocycles. The lowest BCUT2D eigenvalue weighted by Crippen LogP contribution is -2.01. The zero-order valence-corrected chi connectivity index (χ0v) is 11.8. The minimum absolute atomic E-state index is 0.0356. The third-order valence-corrected chi connectivity index (χ3v) is 3.19. The molecule has 0 aromatic heterocycles. The normalized spacial score (nSPS) is 10.3. The highest BCUT2D eigenvalue weighted by molar-refractivity contribution is 6.35. The average molecular weight is 298 g/mol. The molecule has 0 aliphatic rings. The van der Waals surface area contributed by atoms with Crippen molar-refractivity contribution in [2.75, 3.05) is 12.4 Å². The smallest absolute Gasteiger partial charge is 0.141 e. The highest BCUT2D eigenvalue weighted by atomic mass is 35.5. The maximum Gasteiger partial charge on any atom is 0.141 e. The number of rotatable bonds is 4.